The smallest absolute Gasteiger partial charge is 0.303 e. The standard InChI is InChI=1S/C24H36O7/c1-4-5-8-11-19(30-17(2)25)14-15-21-20(12-9-6-7-10-13-24(28)29)22(27)16-23(21)31-18(3)26/h6,9,14-15,19-21,23H,4-5,7-8,10-13,16H2,1-3H3,(H,28,29)/t19?,20-,21-,23?/m1/s1. The normalized spacial score (nSPS) is 22.2. The number of ether oxygens (including phenoxy) is 2. The Morgan fingerprint density at radius 2 is 1.87 bits per heavy atom. The molecule has 1 N–H and O–H groups in total. The maximum Gasteiger partial charge on any atom is 0.303 e. The molecule has 31 heavy (non-hydrogen) atoms. The van der Waals surface area contributed by atoms with Gasteiger partial charge >= 0.3 is 17.9 Å². The molecule has 0 amide bonds. The van der Waals surface area contributed by atoms with Crippen molar-refractivity contribution in [3.8, 4) is 0 Å². The number of carbonyl (C=O) groups is 4. The first kappa shape index (κ1) is 26.6. The van der Waals surface area contributed by atoms with Gasteiger partial charge in [0.05, 0.1) is 0 Å². The van der Waals surface area contributed by atoms with Crippen LogP contribution in [0.5, 0.6) is 0 Å². The number of carbonyl (C=O) groups excluding carboxylic acids is 3. The molecule has 1 rings (SSSR count). The van der Waals surface area contributed by atoms with Crippen LogP contribution in [0.1, 0.15) is 78.6 Å². The number of Topliss-reactive ketones (excluding diaryl/α,β-unsaturated/α-hetero) is 1. The molecule has 0 aliphatic heterocycles. The zero-order valence-corrected chi connectivity index (χ0v) is 18.9. The Morgan fingerprint density at radius 1 is 1.13 bits per heavy atom. The molecule has 0 saturated heterocycles. The summed E-state index contributed by atoms with van der Waals surface area (Å²) in [6.45, 7) is 4.80. The van der Waals surface area contributed by atoms with Gasteiger partial charge in [0.25, 0.3) is 0 Å². The van der Waals surface area contributed by atoms with Crippen molar-refractivity contribution in [1.82, 2.24) is 0 Å². The summed E-state index contributed by atoms with van der Waals surface area (Å²) in [6, 6.07) is 0. The number of rotatable bonds is 14. The first-order valence-corrected chi connectivity index (χ1v) is 11.2. The molecule has 2 unspecified atom stereocenters. The number of carboxylic acids is 1. The molecule has 1 aliphatic rings. The Hall–Kier alpha value is -2.44. The van der Waals surface area contributed by atoms with Crippen molar-refractivity contribution >= 4 is 23.7 Å². The number of carboxylic acid groups (broad SMARTS) is 1. The number of aliphatic carboxylic acids is 1. The number of allylic oxidation sites excluding steroid dienone is 2. The third-order valence-corrected chi connectivity index (χ3v) is 5.30. The lowest BCUT2D eigenvalue weighted by Gasteiger charge is -2.21. The third kappa shape index (κ3) is 10.9. The highest BCUT2D eigenvalue weighted by atomic mass is 16.5. The molecule has 0 aromatic carbocycles. The lowest BCUT2D eigenvalue weighted by atomic mass is 9.90. The highest BCUT2D eigenvalue weighted by Crippen LogP contribution is 2.35. The van der Waals surface area contributed by atoms with Crippen LogP contribution in [0.3, 0.4) is 0 Å². The van der Waals surface area contributed by atoms with Crippen molar-refractivity contribution in [1.29, 1.82) is 0 Å². The van der Waals surface area contributed by atoms with E-state index in [1.807, 2.05) is 24.3 Å². The van der Waals surface area contributed by atoms with E-state index >= 15 is 0 Å². The fourth-order valence-electron chi connectivity index (χ4n) is 3.83. The van der Waals surface area contributed by atoms with Crippen LogP contribution in [0, 0.1) is 11.8 Å². The largest absolute Gasteiger partial charge is 0.481 e. The van der Waals surface area contributed by atoms with Gasteiger partial charge in [-0.3, -0.25) is 19.2 Å². The molecule has 1 fully saturated rings. The van der Waals surface area contributed by atoms with Gasteiger partial charge in [0.1, 0.15) is 18.0 Å². The van der Waals surface area contributed by atoms with E-state index < -0.39 is 18.0 Å². The Kier molecular flexibility index (Phi) is 12.5. The van der Waals surface area contributed by atoms with E-state index in [1.165, 1.54) is 13.8 Å². The van der Waals surface area contributed by atoms with Crippen molar-refractivity contribution in [3.63, 3.8) is 0 Å². The van der Waals surface area contributed by atoms with Crippen LogP contribution in [0.2, 0.25) is 0 Å². The minimum atomic E-state index is -0.824. The van der Waals surface area contributed by atoms with Crippen molar-refractivity contribution in [2.24, 2.45) is 11.8 Å². The predicted molar refractivity (Wildman–Crippen MR) is 116 cm³/mol. The average molecular weight is 437 g/mol. The summed E-state index contributed by atoms with van der Waals surface area (Å²) in [6.07, 6.45) is 12.3. The van der Waals surface area contributed by atoms with Crippen LogP contribution in [0.4, 0.5) is 0 Å². The van der Waals surface area contributed by atoms with Gasteiger partial charge in [-0.1, -0.05) is 38.0 Å². The Balaban J connectivity index is 2.86. The highest BCUT2D eigenvalue weighted by molar-refractivity contribution is 5.85. The number of unbranched alkanes of at least 4 members (excludes halogenated alkanes) is 3. The van der Waals surface area contributed by atoms with E-state index in [-0.39, 0.29) is 42.5 Å². The Bertz CT molecular complexity index is 665. The predicted octanol–water partition coefficient (Wildman–Crippen LogP) is 4.39. The second kappa shape index (κ2) is 14.5. The van der Waals surface area contributed by atoms with Gasteiger partial charge in [-0.05, 0) is 38.2 Å². The molecule has 0 radical (unpaired) electrons. The van der Waals surface area contributed by atoms with E-state index in [9.17, 15) is 19.2 Å². The Morgan fingerprint density at radius 3 is 2.48 bits per heavy atom. The van der Waals surface area contributed by atoms with Crippen LogP contribution >= 0.6 is 0 Å². The zero-order valence-electron chi connectivity index (χ0n) is 18.9. The monoisotopic (exact) mass is 436 g/mol. The van der Waals surface area contributed by atoms with Crippen molar-refractivity contribution in [2.75, 3.05) is 0 Å². The number of esters is 2. The van der Waals surface area contributed by atoms with Crippen LogP contribution in [0.15, 0.2) is 24.3 Å². The molecular weight excluding hydrogens is 400 g/mol. The summed E-state index contributed by atoms with van der Waals surface area (Å²) in [5.41, 5.74) is 0. The molecule has 4 atom stereocenters. The zero-order chi connectivity index (χ0) is 23.2. The van der Waals surface area contributed by atoms with Crippen molar-refractivity contribution < 1.29 is 33.8 Å². The van der Waals surface area contributed by atoms with E-state index in [0.29, 0.717) is 25.7 Å². The second-order valence-corrected chi connectivity index (χ2v) is 8.02. The first-order valence-electron chi connectivity index (χ1n) is 11.2. The summed E-state index contributed by atoms with van der Waals surface area (Å²) in [5, 5.41) is 8.69. The van der Waals surface area contributed by atoms with Crippen LogP contribution in [-0.4, -0.2) is 41.0 Å². The van der Waals surface area contributed by atoms with Crippen molar-refractivity contribution in [2.45, 2.75) is 90.8 Å². The van der Waals surface area contributed by atoms with Gasteiger partial charge < -0.3 is 14.6 Å². The average Bonchev–Trinajstić information content (AvgIpc) is 2.95. The van der Waals surface area contributed by atoms with Crippen molar-refractivity contribution in [3.05, 3.63) is 24.3 Å². The quantitative estimate of drug-likeness (QED) is 0.244. The summed E-state index contributed by atoms with van der Waals surface area (Å²) in [5.74, 6) is -2.19. The summed E-state index contributed by atoms with van der Waals surface area (Å²) < 4.78 is 10.8. The maximum atomic E-state index is 12.6. The minimum absolute atomic E-state index is 0.0334. The number of hydrogen-bond donors (Lipinski definition) is 1. The molecule has 7 heteroatoms. The Labute approximate surface area is 184 Å². The van der Waals surface area contributed by atoms with E-state index in [2.05, 4.69) is 6.92 Å². The molecule has 0 spiro atoms. The summed E-state index contributed by atoms with van der Waals surface area (Å²) in [7, 11) is 0. The summed E-state index contributed by atoms with van der Waals surface area (Å²) >= 11 is 0. The molecule has 174 valence electrons. The van der Waals surface area contributed by atoms with Gasteiger partial charge in [0.15, 0.2) is 0 Å². The number of ketones is 1. The molecule has 1 aliphatic carbocycles. The topological polar surface area (TPSA) is 107 Å². The number of hydrogen-bond acceptors (Lipinski definition) is 6. The van der Waals surface area contributed by atoms with E-state index in [4.69, 9.17) is 14.6 Å². The molecule has 0 bridgehead atoms. The van der Waals surface area contributed by atoms with Gasteiger partial charge in [-0.2, -0.15) is 0 Å². The SMILES string of the molecule is CCCCCC(C=C[C@H]1C(OC(C)=O)CC(=O)[C@@H]1CC=CCCCC(=O)O)OC(C)=O. The molecule has 0 aromatic heterocycles. The van der Waals surface area contributed by atoms with Gasteiger partial charge in [0.2, 0.25) is 0 Å². The molecule has 0 aromatic rings. The molecule has 7 nitrogen and oxygen atoms in total. The van der Waals surface area contributed by atoms with Gasteiger partial charge in [-0.25, -0.2) is 0 Å². The lowest BCUT2D eigenvalue weighted by molar-refractivity contribution is -0.147. The fraction of sp³-hybridized carbons (Fsp3) is 0.667. The van der Waals surface area contributed by atoms with Crippen LogP contribution < -0.4 is 0 Å². The second-order valence-electron chi connectivity index (χ2n) is 8.02. The van der Waals surface area contributed by atoms with Gasteiger partial charge in [-0.15, -0.1) is 0 Å². The minimum Gasteiger partial charge on any atom is -0.481 e. The molecular formula is C24H36O7. The fourth-order valence-corrected chi connectivity index (χ4v) is 3.83. The van der Waals surface area contributed by atoms with Crippen LogP contribution in [-0.2, 0) is 28.7 Å². The summed E-state index contributed by atoms with van der Waals surface area (Å²) in [4.78, 5) is 46.1. The van der Waals surface area contributed by atoms with E-state index in [1.54, 1.807) is 0 Å². The third-order valence-electron chi connectivity index (χ3n) is 5.30. The molecule has 1 saturated carbocycles. The molecule has 0 heterocycles. The van der Waals surface area contributed by atoms with Gasteiger partial charge in [0, 0.05) is 38.5 Å². The maximum absolute atomic E-state index is 12.6. The van der Waals surface area contributed by atoms with E-state index in [0.717, 1.165) is 19.3 Å². The first-order chi connectivity index (χ1) is 14.7. The van der Waals surface area contributed by atoms with Crippen LogP contribution in [0.25, 0.3) is 0 Å². The highest BCUT2D eigenvalue weighted by Gasteiger charge is 2.42. The lowest BCUT2D eigenvalue weighted by Crippen LogP contribution is -2.24.